The summed E-state index contributed by atoms with van der Waals surface area (Å²) in [6, 6.07) is 58.2. The van der Waals surface area contributed by atoms with Crippen LogP contribution in [0.25, 0.3) is 100 Å². The molecular weight excluding hydrogens is 657 g/mol. The van der Waals surface area contributed by atoms with Crippen molar-refractivity contribution in [3.8, 4) is 73.0 Å². The molecule has 0 N–H and O–H groups in total. The van der Waals surface area contributed by atoms with Gasteiger partial charge in [0.1, 0.15) is 0 Å². The van der Waals surface area contributed by atoms with Crippen LogP contribution in [-0.4, -0.2) is 19.5 Å². The molecule has 1 aliphatic carbocycles. The van der Waals surface area contributed by atoms with Crippen molar-refractivity contribution in [2.75, 3.05) is 0 Å². The molecule has 0 atom stereocenters. The van der Waals surface area contributed by atoms with Crippen LogP contribution in [0.5, 0.6) is 0 Å². The standard InChI is InChI=1S/C50H34N4/c1-3-32(4-2)48-51-49(34-18-10-6-11-19-34)53-50(52-48)41-25-15-24-40-39-23-14-22-38(46(39)47(40)41)36-27-29-45-43(31-36)42-30-35(33-16-8-5-9-17-33)26-28-44(42)54(45)37-20-12-7-13-21-37/h3-31H,1H2,2H3. The summed E-state index contributed by atoms with van der Waals surface area (Å²) in [7, 11) is 0. The third-order valence-corrected chi connectivity index (χ3v) is 10.6. The van der Waals surface area contributed by atoms with Gasteiger partial charge in [-0.05, 0) is 82.3 Å². The maximum Gasteiger partial charge on any atom is 0.164 e. The van der Waals surface area contributed by atoms with Crippen LogP contribution in [0.2, 0.25) is 0 Å². The summed E-state index contributed by atoms with van der Waals surface area (Å²) >= 11 is 0. The van der Waals surface area contributed by atoms with E-state index < -0.39 is 0 Å². The highest BCUT2D eigenvalue weighted by atomic mass is 15.0. The summed E-state index contributed by atoms with van der Waals surface area (Å²) in [5.41, 5.74) is 15.9. The molecule has 0 unspecified atom stereocenters. The maximum absolute atomic E-state index is 5.09. The number of benzene rings is 7. The second-order valence-corrected chi connectivity index (χ2v) is 13.6. The van der Waals surface area contributed by atoms with Crippen LogP contribution < -0.4 is 0 Å². The van der Waals surface area contributed by atoms with Crippen LogP contribution in [0.1, 0.15) is 12.7 Å². The van der Waals surface area contributed by atoms with E-state index in [1.165, 1.54) is 60.8 Å². The van der Waals surface area contributed by atoms with Crippen molar-refractivity contribution in [2.45, 2.75) is 6.92 Å². The number of para-hydroxylation sites is 1. The lowest BCUT2D eigenvalue weighted by atomic mass is 9.74. The Hall–Kier alpha value is -7.17. The van der Waals surface area contributed by atoms with Gasteiger partial charge in [0.15, 0.2) is 17.5 Å². The molecule has 0 amide bonds. The highest BCUT2D eigenvalue weighted by molar-refractivity contribution is 6.15. The van der Waals surface area contributed by atoms with Crippen LogP contribution in [0.15, 0.2) is 183 Å². The van der Waals surface area contributed by atoms with Crippen LogP contribution >= 0.6 is 0 Å². The van der Waals surface area contributed by atoms with Gasteiger partial charge in [0.05, 0.1) is 11.0 Å². The van der Waals surface area contributed by atoms with E-state index in [-0.39, 0.29) is 0 Å². The quantitative estimate of drug-likeness (QED) is 0.156. The van der Waals surface area contributed by atoms with Crippen molar-refractivity contribution in [3.05, 3.63) is 188 Å². The van der Waals surface area contributed by atoms with Gasteiger partial charge in [0, 0.05) is 38.7 Å². The number of allylic oxidation sites excluding steroid dienone is 3. The van der Waals surface area contributed by atoms with Gasteiger partial charge < -0.3 is 4.57 Å². The van der Waals surface area contributed by atoms with Crippen molar-refractivity contribution in [1.82, 2.24) is 19.5 Å². The van der Waals surface area contributed by atoms with E-state index in [1.54, 1.807) is 6.08 Å². The molecule has 0 radical (unpaired) electrons. The average molecular weight is 691 g/mol. The summed E-state index contributed by atoms with van der Waals surface area (Å²) in [6.07, 6.45) is 3.80. The molecule has 9 aromatic rings. The maximum atomic E-state index is 5.09. The molecule has 254 valence electrons. The molecular formula is C50H34N4. The van der Waals surface area contributed by atoms with Crippen molar-refractivity contribution < 1.29 is 0 Å². The highest BCUT2D eigenvalue weighted by Crippen LogP contribution is 2.55. The molecule has 0 aliphatic heterocycles. The summed E-state index contributed by atoms with van der Waals surface area (Å²) in [5.74, 6) is 1.89. The predicted molar refractivity (Wildman–Crippen MR) is 224 cm³/mol. The van der Waals surface area contributed by atoms with Crippen LogP contribution in [0, 0.1) is 0 Å². The second-order valence-electron chi connectivity index (χ2n) is 13.6. The van der Waals surface area contributed by atoms with E-state index in [0.717, 1.165) is 28.0 Å². The monoisotopic (exact) mass is 690 g/mol. The van der Waals surface area contributed by atoms with Gasteiger partial charge in [0.25, 0.3) is 0 Å². The molecule has 0 spiro atoms. The lowest BCUT2D eigenvalue weighted by molar-refractivity contribution is 1.04. The molecule has 0 saturated heterocycles. The first-order valence-electron chi connectivity index (χ1n) is 18.3. The molecule has 4 nitrogen and oxygen atoms in total. The van der Waals surface area contributed by atoms with Gasteiger partial charge in [-0.3, -0.25) is 0 Å². The number of aromatic nitrogens is 4. The first kappa shape index (κ1) is 31.6. The molecule has 7 aromatic carbocycles. The Morgan fingerprint density at radius 3 is 1.67 bits per heavy atom. The fraction of sp³-hybridized carbons (Fsp3) is 0.0200. The summed E-state index contributed by atoms with van der Waals surface area (Å²) in [4.78, 5) is 15.0. The first-order valence-corrected chi connectivity index (χ1v) is 18.3. The van der Waals surface area contributed by atoms with Crippen LogP contribution in [-0.2, 0) is 0 Å². The molecule has 54 heavy (non-hydrogen) atoms. The zero-order chi connectivity index (χ0) is 36.2. The Bertz CT molecular complexity index is 2940. The Morgan fingerprint density at radius 1 is 0.481 bits per heavy atom. The van der Waals surface area contributed by atoms with Gasteiger partial charge in [-0.1, -0.05) is 146 Å². The Morgan fingerprint density at radius 2 is 1.02 bits per heavy atom. The minimum absolute atomic E-state index is 0.608. The van der Waals surface area contributed by atoms with Gasteiger partial charge in [-0.2, -0.15) is 0 Å². The lowest BCUT2D eigenvalue weighted by Crippen LogP contribution is -2.07. The first-order chi connectivity index (χ1) is 26.7. The van der Waals surface area contributed by atoms with Crippen molar-refractivity contribution in [2.24, 2.45) is 0 Å². The average Bonchev–Trinajstić information content (AvgIpc) is 3.56. The number of hydrogen-bond acceptors (Lipinski definition) is 3. The van der Waals surface area contributed by atoms with Gasteiger partial charge in [0.2, 0.25) is 0 Å². The molecule has 0 saturated carbocycles. The van der Waals surface area contributed by atoms with E-state index in [1.807, 2.05) is 43.3 Å². The summed E-state index contributed by atoms with van der Waals surface area (Å²) in [5, 5.41) is 2.44. The number of rotatable bonds is 7. The van der Waals surface area contributed by atoms with E-state index in [4.69, 9.17) is 15.0 Å². The zero-order valence-electron chi connectivity index (χ0n) is 29.7. The Kier molecular flexibility index (Phi) is 7.48. The van der Waals surface area contributed by atoms with Crippen molar-refractivity contribution in [1.29, 1.82) is 0 Å². The van der Waals surface area contributed by atoms with E-state index in [0.29, 0.717) is 17.5 Å². The van der Waals surface area contributed by atoms with E-state index >= 15 is 0 Å². The molecule has 2 heterocycles. The fourth-order valence-corrected chi connectivity index (χ4v) is 7.99. The predicted octanol–water partition coefficient (Wildman–Crippen LogP) is 12.9. The largest absolute Gasteiger partial charge is 0.309 e. The van der Waals surface area contributed by atoms with Gasteiger partial charge in [-0.25, -0.2) is 15.0 Å². The molecule has 0 bridgehead atoms. The third-order valence-electron chi connectivity index (χ3n) is 10.6. The molecule has 2 aromatic heterocycles. The molecule has 4 heteroatoms. The van der Waals surface area contributed by atoms with Gasteiger partial charge >= 0.3 is 0 Å². The molecule has 0 fully saturated rings. The number of fused-ring (bicyclic) bond motifs is 7. The molecule has 10 rings (SSSR count). The van der Waals surface area contributed by atoms with Crippen molar-refractivity contribution >= 4 is 27.4 Å². The fourth-order valence-electron chi connectivity index (χ4n) is 7.99. The van der Waals surface area contributed by atoms with E-state index in [9.17, 15) is 0 Å². The Balaban J connectivity index is 1.17. The number of hydrogen-bond donors (Lipinski definition) is 0. The minimum atomic E-state index is 0.608. The van der Waals surface area contributed by atoms with Crippen LogP contribution in [0.3, 0.4) is 0 Å². The number of nitrogens with zero attached hydrogens (tertiary/aromatic N) is 4. The zero-order valence-corrected chi connectivity index (χ0v) is 29.7. The summed E-state index contributed by atoms with van der Waals surface area (Å²) in [6.45, 7) is 6.02. The van der Waals surface area contributed by atoms with Crippen molar-refractivity contribution in [3.63, 3.8) is 0 Å². The summed E-state index contributed by atoms with van der Waals surface area (Å²) < 4.78 is 2.38. The third kappa shape index (κ3) is 5.03. The smallest absolute Gasteiger partial charge is 0.164 e. The Labute approximate surface area is 314 Å². The molecule has 1 aliphatic rings. The van der Waals surface area contributed by atoms with E-state index in [2.05, 4.69) is 145 Å². The van der Waals surface area contributed by atoms with Crippen LogP contribution in [0.4, 0.5) is 0 Å². The second kappa shape index (κ2) is 12.8. The highest BCUT2D eigenvalue weighted by Gasteiger charge is 2.30. The SMILES string of the molecule is C=CC(=CC)c1nc(-c2ccccc2)nc(-c2cccc3c2-c2c(-c4ccc5c(c4)c4cc(-c6ccccc6)ccc4n5-c4ccccc4)cccc2-3)n1. The van der Waals surface area contributed by atoms with Gasteiger partial charge in [-0.15, -0.1) is 0 Å². The topological polar surface area (TPSA) is 43.6 Å². The minimum Gasteiger partial charge on any atom is -0.309 e. The lowest BCUT2D eigenvalue weighted by Gasteiger charge is -2.29. The normalized spacial score (nSPS) is 12.0.